The van der Waals surface area contributed by atoms with Gasteiger partial charge in [0.2, 0.25) is 11.0 Å². The Labute approximate surface area is 144 Å². The molecule has 8 heteroatoms. The molecular weight excluding hydrogens is 336 g/mol. The largest absolute Gasteiger partial charge is 0.492 e. The first-order valence-corrected chi connectivity index (χ1v) is 8.45. The standard InChI is InChI=1S/C15H19ClN4O2S/c1-3-14-18-19-15(23-14)17-13(21)10-20(2)8-9-22-12-6-4-11(16)5-7-12/h4-7H,3,8-10H2,1-2H3,(H,17,19,21). The molecule has 1 heterocycles. The Balaban J connectivity index is 1.68. The number of aryl methyl sites for hydroxylation is 1. The molecule has 6 nitrogen and oxygen atoms in total. The molecule has 1 aromatic carbocycles. The maximum Gasteiger partial charge on any atom is 0.240 e. The zero-order chi connectivity index (χ0) is 16.7. The third-order valence-electron chi connectivity index (χ3n) is 2.98. The Morgan fingerprint density at radius 2 is 2.09 bits per heavy atom. The summed E-state index contributed by atoms with van der Waals surface area (Å²) in [7, 11) is 1.86. The Morgan fingerprint density at radius 1 is 1.35 bits per heavy atom. The van der Waals surface area contributed by atoms with Crippen LogP contribution in [0.4, 0.5) is 5.13 Å². The van der Waals surface area contributed by atoms with Crippen LogP contribution in [0.2, 0.25) is 5.02 Å². The lowest BCUT2D eigenvalue weighted by Crippen LogP contribution is -2.33. The topological polar surface area (TPSA) is 67.4 Å². The summed E-state index contributed by atoms with van der Waals surface area (Å²) in [4.78, 5) is 13.8. The first-order chi connectivity index (χ1) is 11.1. The summed E-state index contributed by atoms with van der Waals surface area (Å²) < 4.78 is 5.60. The van der Waals surface area contributed by atoms with Crippen molar-refractivity contribution >= 4 is 34.0 Å². The number of carbonyl (C=O) groups is 1. The molecule has 0 spiro atoms. The molecule has 0 saturated carbocycles. The second-order valence-electron chi connectivity index (χ2n) is 4.94. The molecule has 0 fully saturated rings. The molecule has 1 N–H and O–H groups in total. The van der Waals surface area contributed by atoms with Gasteiger partial charge in [-0.15, -0.1) is 10.2 Å². The average Bonchev–Trinajstić information content (AvgIpc) is 2.96. The van der Waals surface area contributed by atoms with Crippen molar-refractivity contribution in [3.8, 4) is 5.75 Å². The van der Waals surface area contributed by atoms with E-state index in [4.69, 9.17) is 16.3 Å². The maximum atomic E-state index is 11.9. The van der Waals surface area contributed by atoms with E-state index in [0.29, 0.717) is 23.3 Å². The second-order valence-corrected chi connectivity index (χ2v) is 6.44. The first kappa shape index (κ1) is 17.7. The van der Waals surface area contributed by atoms with Crippen LogP contribution in [0.3, 0.4) is 0 Å². The first-order valence-electron chi connectivity index (χ1n) is 7.26. The molecule has 0 unspecified atom stereocenters. The van der Waals surface area contributed by atoms with Crippen molar-refractivity contribution in [1.82, 2.24) is 15.1 Å². The van der Waals surface area contributed by atoms with Crippen LogP contribution >= 0.6 is 22.9 Å². The molecule has 0 aliphatic rings. The van der Waals surface area contributed by atoms with E-state index < -0.39 is 0 Å². The maximum absolute atomic E-state index is 11.9. The van der Waals surface area contributed by atoms with Crippen LogP contribution in [0, 0.1) is 0 Å². The van der Waals surface area contributed by atoms with Gasteiger partial charge in [-0.1, -0.05) is 29.9 Å². The lowest BCUT2D eigenvalue weighted by Gasteiger charge is -2.16. The van der Waals surface area contributed by atoms with E-state index in [1.165, 1.54) is 11.3 Å². The fourth-order valence-corrected chi connectivity index (χ4v) is 2.60. The summed E-state index contributed by atoms with van der Waals surface area (Å²) in [6, 6.07) is 7.19. The van der Waals surface area contributed by atoms with Crippen molar-refractivity contribution < 1.29 is 9.53 Å². The van der Waals surface area contributed by atoms with Crippen molar-refractivity contribution in [2.75, 3.05) is 32.1 Å². The molecule has 1 amide bonds. The number of benzene rings is 1. The molecule has 0 atom stereocenters. The van der Waals surface area contributed by atoms with Gasteiger partial charge in [-0.3, -0.25) is 15.0 Å². The predicted molar refractivity (Wildman–Crippen MR) is 92.4 cm³/mol. The van der Waals surface area contributed by atoms with Crippen LogP contribution in [0.5, 0.6) is 5.75 Å². The molecule has 1 aromatic heterocycles. The van der Waals surface area contributed by atoms with E-state index in [1.54, 1.807) is 12.1 Å². The van der Waals surface area contributed by atoms with Crippen molar-refractivity contribution in [1.29, 1.82) is 0 Å². The Bertz CT molecular complexity index is 633. The van der Waals surface area contributed by atoms with Gasteiger partial charge in [0, 0.05) is 11.6 Å². The van der Waals surface area contributed by atoms with Crippen LogP contribution in [-0.4, -0.2) is 47.7 Å². The third kappa shape index (κ3) is 6.13. The summed E-state index contributed by atoms with van der Waals surface area (Å²) >= 11 is 7.21. The average molecular weight is 355 g/mol. The molecule has 23 heavy (non-hydrogen) atoms. The van der Waals surface area contributed by atoms with Crippen molar-refractivity contribution in [2.24, 2.45) is 0 Å². The molecule has 124 valence electrons. The molecule has 0 bridgehead atoms. The van der Waals surface area contributed by atoms with Gasteiger partial charge in [0.05, 0.1) is 6.54 Å². The molecular formula is C15H19ClN4O2S. The number of rotatable bonds is 8. The van der Waals surface area contributed by atoms with E-state index in [-0.39, 0.29) is 12.5 Å². The quantitative estimate of drug-likeness (QED) is 0.789. The fourth-order valence-electron chi connectivity index (χ4n) is 1.78. The SMILES string of the molecule is CCc1nnc(NC(=O)CN(C)CCOc2ccc(Cl)cc2)s1. The Kier molecular flexibility index (Phi) is 6.76. The van der Waals surface area contributed by atoms with Gasteiger partial charge >= 0.3 is 0 Å². The number of hydrogen-bond donors (Lipinski definition) is 1. The van der Waals surface area contributed by atoms with Gasteiger partial charge in [-0.05, 0) is 37.7 Å². The molecule has 0 aliphatic carbocycles. The lowest BCUT2D eigenvalue weighted by atomic mass is 10.3. The number of nitrogens with one attached hydrogen (secondary N) is 1. The smallest absolute Gasteiger partial charge is 0.240 e. The monoisotopic (exact) mass is 354 g/mol. The minimum Gasteiger partial charge on any atom is -0.492 e. The van der Waals surface area contributed by atoms with E-state index in [0.717, 1.165) is 17.2 Å². The summed E-state index contributed by atoms with van der Waals surface area (Å²) in [5.74, 6) is 0.644. The lowest BCUT2D eigenvalue weighted by molar-refractivity contribution is -0.117. The summed E-state index contributed by atoms with van der Waals surface area (Å²) in [5.41, 5.74) is 0. The zero-order valence-corrected chi connectivity index (χ0v) is 14.7. The van der Waals surface area contributed by atoms with Crippen LogP contribution in [0.25, 0.3) is 0 Å². The van der Waals surface area contributed by atoms with Crippen molar-refractivity contribution in [3.05, 3.63) is 34.3 Å². The number of carbonyl (C=O) groups excluding carboxylic acids is 1. The van der Waals surface area contributed by atoms with Gasteiger partial charge in [0.15, 0.2) is 0 Å². The van der Waals surface area contributed by atoms with Crippen LogP contribution in [0.15, 0.2) is 24.3 Å². The minimum absolute atomic E-state index is 0.113. The molecule has 0 radical (unpaired) electrons. The normalized spacial score (nSPS) is 10.8. The zero-order valence-electron chi connectivity index (χ0n) is 13.1. The number of hydrogen-bond acceptors (Lipinski definition) is 6. The van der Waals surface area contributed by atoms with E-state index >= 15 is 0 Å². The summed E-state index contributed by atoms with van der Waals surface area (Å²) in [6.45, 7) is 3.39. The summed E-state index contributed by atoms with van der Waals surface area (Å²) in [5, 5.41) is 12.8. The van der Waals surface area contributed by atoms with Gasteiger partial charge < -0.3 is 4.74 Å². The Hall–Kier alpha value is -1.70. The highest BCUT2D eigenvalue weighted by Crippen LogP contribution is 2.16. The number of halogens is 1. The van der Waals surface area contributed by atoms with E-state index in [9.17, 15) is 4.79 Å². The van der Waals surface area contributed by atoms with Gasteiger partial charge in [-0.2, -0.15) is 0 Å². The number of anilines is 1. The number of amides is 1. The van der Waals surface area contributed by atoms with Gasteiger partial charge in [0.25, 0.3) is 0 Å². The summed E-state index contributed by atoms with van der Waals surface area (Å²) in [6.07, 6.45) is 0.815. The number of ether oxygens (including phenoxy) is 1. The molecule has 0 aliphatic heterocycles. The van der Waals surface area contributed by atoms with Crippen molar-refractivity contribution in [3.63, 3.8) is 0 Å². The van der Waals surface area contributed by atoms with Crippen LogP contribution in [0.1, 0.15) is 11.9 Å². The third-order valence-corrected chi connectivity index (χ3v) is 4.22. The van der Waals surface area contributed by atoms with Gasteiger partial charge in [-0.25, -0.2) is 0 Å². The van der Waals surface area contributed by atoms with Crippen molar-refractivity contribution in [2.45, 2.75) is 13.3 Å². The highest BCUT2D eigenvalue weighted by atomic mass is 35.5. The molecule has 2 rings (SSSR count). The number of aromatic nitrogens is 2. The Morgan fingerprint density at radius 3 is 2.74 bits per heavy atom. The van der Waals surface area contributed by atoms with Gasteiger partial charge in [0.1, 0.15) is 17.4 Å². The highest BCUT2D eigenvalue weighted by Gasteiger charge is 2.10. The number of nitrogens with zero attached hydrogens (tertiary/aromatic N) is 3. The van der Waals surface area contributed by atoms with E-state index in [2.05, 4.69) is 15.5 Å². The fraction of sp³-hybridized carbons (Fsp3) is 0.400. The van der Waals surface area contributed by atoms with Crippen LogP contribution < -0.4 is 10.1 Å². The number of likely N-dealkylation sites (N-methyl/N-ethyl adjacent to an activating group) is 1. The second kappa shape index (κ2) is 8.81. The van der Waals surface area contributed by atoms with Crippen LogP contribution in [-0.2, 0) is 11.2 Å². The predicted octanol–water partition coefficient (Wildman–Crippen LogP) is 2.70. The minimum atomic E-state index is -0.113. The molecule has 2 aromatic rings. The highest BCUT2D eigenvalue weighted by molar-refractivity contribution is 7.15. The molecule has 0 saturated heterocycles. The van der Waals surface area contributed by atoms with E-state index in [1.807, 2.05) is 31.0 Å².